The minimum atomic E-state index is -1.67. The molecule has 0 aromatic heterocycles. The molecule has 0 aliphatic rings. The molecule has 0 radical (unpaired) electrons. The van der Waals surface area contributed by atoms with Crippen molar-refractivity contribution in [1.82, 2.24) is 0 Å². The first-order chi connectivity index (χ1) is 20.9. The van der Waals surface area contributed by atoms with Crippen LogP contribution in [0.15, 0.2) is 20.2 Å². The van der Waals surface area contributed by atoms with E-state index in [4.69, 9.17) is 0 Å². The van der Waals surface area contributed by atoms with Crippen LogP contribution in [0.4, 0.5) is 0 Å². The van der Waals surface area contributed by atoms with E-state index in [9.17, 15) is 0 Å². The molecule has 0 atom stereocenters. The molecule has 0 fully saturated rings. The summed E-state index contributed by atoms with van der Waals surface area (Å²) in [7, 11) is -6.56. The predicted molar refractivity (Wildman–Crippen MR) is 240 cm³/mol. The summed E-state index contributed by atoms with van der Waals surface area (Å²) in [5.41, 5.74) is 12.6. The molecule has 0 unspecified atom stereocenters. The maximum Gasteiger partial charge on any atom is 0.305 e. The van der Waals surface area contributed by atoms with Crippen molar-refractivity contribution in [2.45, 2.75) is 179 Å². The first kappa shape index (κ1) is 45.8. The SMILES string of the molecule is C[C](C)(C)[Al](/[C](=C\c1cc(C#C[Si](C)(C)C)c(/C=[C](\[Al]([C](C)(C)C)[C](C)(C)C)[Si](C)(C)C)cc1C#C[Si](C)(C)C)[Si](C)(C)C)[C](C)(C)C. The molecule has 0 aliphatic heterocycles. The van der Waals surface area contributed by atoms with Crippen molar-refractivity contribution >= 4 is 72.7 Å². The highest BCUT2D eigenvalue weighted by molar-refractivity contribution is 7.01. The standard InChI is InChI=1S/C26H40Si4.4C4H9.2Al/c1-27(2,3)17-13-23-21-25(15-19-29(7,8)9)26(16-20-30(10,11)12)22-24(23)14-18-28(4,5)6;4*1-4(2)3;;/h13,16,21-22H,1-12H3;4*1-3H3;;. The summed E-state index contributed by atoms with van der Waals surface area (Å²) < 4.78 is 4.68. The molecule has 0 aliphatic carbocycles. The zero-order valence-corrected chi connectivity index (χ0v) is 42.8. The molecule has 1 aromatic carbocycles. The summed E-state index contributed by atoms with van der Waals surface area (Å²) in [5.74, 6) is 7.64. The summed E-state index contributed by atoms with van der Waals surface area (Å²) in [5, 5.41) is 0. The van der Waals surface area contributed by atoms with Crippen LogP contribution in [-0.4, -0.2) is 60.6 Å². The Morgan fingerprint density at radius 1 is 0.458 bits per heavy atom. The van der Waals surface area contributed by atoms with Gasteiger partial charge in [-0.15, -0.1) is 19.2 Å². The van der Waals surface area contributed by atoms with Gasteiger partial charge in [-0.2, -0.15) is 0 Å². The second-order valence-corrected chi connectivity index (χ2v) is 53.8. The van der Waals surface area contributed by atoms with Crippen molar-refractivity contribution in [2.75, 3.05) is 0 Å². The molecular formula is C42H76Al2Si4. The van der Waals surface area contributed by atoms with Gasteiger partial charge in [0, 0.05) is 11.1 Å². The Bertz CT molecular complexity index is 1340. The van der Waals surface area contributed by atoms with Crippen molar-refractivity contribution in [1.29, 1.82) is 0 Å². The molecule has 0 saturated heterocycles. The Hall–Kier alpha value is -0.248. The lowest BCUT2D eigenvalue weighted by molar-refractivity contribution is 0.650. The quantitative estimate of drug-likeness (QED) is 0.201. The molecule has 6 heteroatoms. The summed E-state index contributed by atoms with van der Waals surface area (Å²) >= 11 is -2.82. The zero-order chi connectivity index (χ0) is 38.3. The van der Waals surface area contributed by atoms with Gasteiger partial charge in [0.05, 0.1) is 16.1 Å². The smallest absolute Gasteiger partial charge is 0.138 e. The van der Waals surface area contributed by atoms with Crippen LogP contribution in [0.2, 0.25) is 95.7 Å². The third-order valence-electron chi connectivity index (χ3n) is 8.81. The summed E-state index contributed by atoms with van der Waals surface area (Å²) in [6.07, 6.45) is 5.31. The normalized spacial score (nSPS) is 14.6. The minimum absolute atomic E-state index is 0.281. The maximum absolute atomic E-state index is 3.82. The van der Waals surface area contributed by atoms with Crippen molar-refractivity contribution in [3.8, 4) is 22.9 Å². The Morgan fingerprint density at radius 2 is 0.688 bits per heavy atom. The van der Waals surface area contributed by atoms with Gasteiger partial charge in [-0.1, -0.05) is 203 Å². The van der Waals surface area contributed by atoms with E-state index in [1.165, 1.54) is 22.3 Å². The molecule has 266 valence electrons. The fourth-order valence-corrected chi connectivity index (χ4v) is 31.8. The highest BCUT2D eigenvalue weighted by Gasteiger charge is 2.48. The Kier molecular flexibility index (Phi) is 14.7. The van der Waals surface area contributed by atoms with Crippen LogP contribution in [0.5, 0.6) is 0 Å². The summed E-state index contributed by atoms with van der Waals surface area (Å²) in [6, 6.07) is 4.94. The lowest BCUT2D eigenvalue weighted by Crippen LogP contribution is -2.45. The number of hydrogen-bond acceptors (Lipinski definition) is 0. The lowest BCUT2D eigenvalue weighted by atomic mass is 9.99. The molecule has 48 heavy (non-hydrogen) atoms. The van der Waals surface area contributed by atoms with E-state index in [1.807, 2.05) is 0 Å². The molecule has 0 saturated carbocycles. The number of rotatable bonds is 6. The summed E-state index contributed by atoms with van der Waals surface area (Å²) in [6.45, 7) is 59.6. The van der Waals surface area contributed by atoms with Crippen molar-refractivity contribution < 1.29 is 0 Å². The Morgan fingerprint density at radius 3 is 0.854 bits per heavy atom. The minimum Gasteiger partial charge on any atom is -0.138 e. The van der Waals surface area contributed by atoms with Gasteiger partial charge >= 0.3 is 28.3 Å². The average Bonchev–Trinajstić information content (AvgIpc) is 2.75. The molecule has 0 spiro atoms. The highest BCUT2D eigenvalue weighted by atomic mass is 28.3. The molecule has 1 aromatic rings. The van der Waals surface area contributed by atoms with Crippen LogP contribution in [0.3, 0.4) is 0 Å². The molecular weight excluding hydrogens is 671 g/mol. The van der Waals surface area contributed by atoms with Gasteiger partial charge in [0.15, 0.2) is 0 Å². The molecule has 0 nitrogen and oxygen atoms in total. The topological polar surface area (TPSA) is 0 Å². The molecule has 0 amide bonds. The third-order valence-corrected chi connectivity index (χ3v) is 29.7. The van der Waals surface area contributed by atoms with Crippen LogP contribution in [0.1, 0.15) is 105 Å². The van der Waals surface area contributed by atoms with Gasteiger partial charge in [-0.05, 0) is 23.3 Å². The van der Waals surface area contributed by atoms with E-state index in [-0.39, 0.29) is 17.1 Å². The van der Waals surface area contributed by atoms with Crippen LogP contribution >= 0.6 is 0 Å². The maximum atomic E-state index is 3.82. The number of hydrogen-bond donors (Lipinski definition) is 0. The average molecular weight is 747 g/mol. The number of benzene rings is 1. The third kappa shape index (κ3) is 14.4. The fourth-order valence-electron chi connectivity index (χ4n) is 7.86. The zero-order valence-electron chi connectivity index (χ0n) is 36.5. The van der Waals surface area contributed by atoms with Gasteiger partial charge in [-0.25, -0.2) is 0 Å². The van der Waals surface area contributed by atoms with E-state index >= 15 is 0 Å². The van der Waals surface area contributed by atoms with E-state index in [0.717, 1.165) is 0 Å². The van der Waals surface area contributed by atoms with E-state index in [0.29, 0.717) is 0 Å². The van der Waals surface area contributed by atoms with E-state index < -0.39 is 60.6 Å². The van der Waals surface area contributed by atoms with Gasteiger partial charge in [0.25, 0.3) is 0 Å². The van der Waals surface area contributed by atoms with Crippen LogP contribution in [0, 0.1) is 22.9 Å². The van der Waals surface area contributed by atoms with Gasteiger partial charge in [0.1, 0.15) is 16.1 Å². The van der Waals surface area contributed by atoms with Gasteiger partial charge in [-0.3, -0.25) is 0 Å². The molecule has 0 heterocycles. The summed E-state index contributed by atoms with van der Waals surface area (Å²) in [4.78, 5) is 0. The second kappa shape index (κ2) is 15.4. The largest absolute Gasteiger partial charge is 0.305 e. The van der Waals surface area contributed by atoms with Gasteiger partial charge < -0.3 is 0 Å². The van der Waals surface area contributed by atoms with Crippen LogP contribution in [-0.2, 0) is 0 Å². The van der Waals surface area contributed by atoms with Crippen molar-refractivity contribution in [2.24, 2.45) is 0 Å². The lowest BCUT2D eigenvalue weighted by Gasteiger charge is -2.42. The van der Waals surface area contributed by atoms with E-state index in [1.54, 1.807) is 8.12 Å². The fraction of sp³-hybridized carbons (Fsp3) is 0.667. The predicted octanol–water partition coefficient (Wildman–Crippen LogP) is 13.9. The highest BCUT2D eigenvalue weighted by Crippen LogP contribution is 2.49. The second-order valence-electron chi connectivity index (χ2n) is 23.1. The van der Waals surface area contributed by atoms with Crippen LogP contribution in [0.25, 0.3) is 12.2 Å². The molecule has 0 bridgehead atoms. The molecule has 0 N–H and O–H groups in total. The first-order valence-electron chi connectivity index (χ1n) is 18.5. The van der Waals surface area contributed by atoms with Crippen molar-refractivity contribution in [3.63, 3.8) is 0 Å². The van der Waals surface area contributed by atoms with Crippen molar-refractivity contribution in [3.05, 3.63) is 42.5 Å². The van der Waals surface area contributed by atoms with E-state index in [2.05, 4.69) is 209 Å². The first-order valence-corrected chi connectivity index (χ1v) is 36.0. The van der Waals surface area contributed by atoms with Gasteiger partial charge in [0.2, 0.25) is 0 Å². The Balaban J connectivity index is 4.71. The molecule has 1 rings (SSSR count). The monoisotopic (exact) mass is 746 g/mol. The Labute approximate surface area is 314 Å². The van der Waals surface area contributed by atoms with Crippen LogP contribution < -0.4 is 0 Å².